The average Bonchev–Trinajstić information content (AvgIpc) is 2.98. The number of anilines is 2. The number of aromatic nitrogens is 2. The number of ether oxygens (including phenoxy) is 1. The van der Waals surface area contributed by atoms with Gasteiger partial charge in [-0.1, -0.05) is 12.1 Å². The fraction of sp³-hybridized carbons (Fsp3) is 0.241. The number of nitrogens with one attached hydrogen (secondary N) is 1. The minimum Gasteiger partial charge on any atom is -0.497 e. The van der Waals surface area contributed by atoms with Crippen LogP contribution in [0.15, 0.2) is 90.0 Å². The van der Waals surface area contributed by atoms with E-state index in [0.29, 0.717) is 37.6 Å². The zero-order valence-electron chi connectivity index (χ0n) is 21.5. The minimum atomic E-state index is -3.65. The molecule has 3 aromatic carbocycles. The monoisotopic (exact) mass is 547 g/mol. The number of hydrogen-bond acceptors (Lipinski definition) is 7. The first kappa shape index (κ1) is 26.7. The number of halogens is 1. The highest BCUT2D eigenvalue weighted by atomic mass is 32.2. The molecule has 8 nitrogen and oxygen atoms in total. The molecule has 2 heterocycles. The van der Waals surface area contributed by atoms with Crippen molar-refractivity contribution in [3.05, 3.63) is 96.4 Å². The van der Waals surface area contributed by atoms with E-state index in [-0.39, 0.29) is 22.7 Å². The van der Waals surface area contributed by atoms with Crippen molar-refractivity contribution < 1.29 is 17.5 Å². The number of nitrogens with two attached hydrogens (primary N) is 1. The number of benzene rings is 3. The summed E-state index contributed by atoms with van der Waals surface area (Å²) in [7, 11) is -2.03. The van der Waals surface area contributed by atoms with E-state index in [2.05, 4.69) is 15.3 Å². The second-order valence-electron chi connectivity index (χ2n) is 9.46. The Hall–Kier alpha value is -3.86. The largest absolute Gasteiger partial charge is 0.497 e. The average molecular weight is 548 g/mol. The van der Waals surface area contributed by atoms with Crippen molar-refractivity contribution in [1.82, 2.24) is 14.3 Å². The SMILES string of the molecule is COc1ccc(-c2ccnc(Nc3ccc(S(=O)(=O)N4CCC([C@H](N)c5ccc(F)cc5)CC4)cc3)n2)cc1. The zero-order chi connectivity index (χ0) is 27.4. The quantitative estimate of drug-likeness (QED) is 0.314. The highest BCUT2D eigenvalue weighted by Crippen LogP contribution is 2.32. The summed E-state index contributed by atoms with van der Waals surface area (Å²) >= 11 is 0. The number of nitrogens with zero attached hydrogens (tertiary/aromatic N) is 3. The summed E-state index contributed by atoms with van der Waals surface area (Å²) in [6, 6.07) is 21.9. The van der Waals surface area contributed by atoms with E-state index in [0.717, 1.165) is 22.6 Å². The van der Waals surface area contributed by atoms with Gasteiger partial charge < -0.3 is 15.8 Å². The Morgan fingerprint density at radius 3 is 2.28 bits per heavy atom. The molecule has 0 bridgehead atoms. The van der Waals surface area contributed by atoms with Crippen LogP contribution >= 0.6 is 0 Å². The summed E-state index contributed by atoms with van der Waals surface area (Å²) in [5, 5.41) is 3.14. The van der Waals surface area contributed by atoms with Crippen molar-refractivity contribution in [3.8, 4) is 17.0 Å². The van der Waals surface area contributed by atoms with E-state index >= 15 is 0 Å². The summed E-state index contributed by atoms with van der Waals surface area (Å²) in [5.41, 5.74) is 9.61. The molecule has 0 amide bonds. The lowest BCUT2D eigenvalue weighted by Gasteiger charge is -2.34. The fourth-order valence-electron chi connectivity index (χ4n) is 4.76. The lowest BCUT2D eigenvalue weighted by molar-refractivity contribution is 0.245. The third-order valence-electron chi connectivity index (χ3n) is 7.05. The molecule has 10 heteroatoms. The highest BCUT2D eigenvalue weighted by Gasteiger charge is 2.32. The topological polar surface area (TPSA) is 110 Å². The van der Waals surface area contributed by atoms with Crippen molar-refractivity contribution in [2.24, 2.45) is 11.7 Å². The van der Waals surface area contributed by atoms with Gasteiger partial charge in [-0.05, 0) is 91.1 Å². The summed E-state index contributed by atoms with van der Waals surface area (Å²) in [5.74, 6) is 0.988. The van der Waals surface area contributed by atoms with E-state index in [1.54, 1.807) is 49.7 Å². The smallest absolute Gasteiger partial charge is 0.243 e. The van der Waals surface area contributed by atoms with Crippen molar-refractivity contribution in [3.63, 3.8) is 0 Å². The molecule has 39 heavy (non-hydrogen) atoms. The zero-order valence-corrected chi connectivity index (χ0v) is 22.3. The molecule has 1 saturated heterocycles. The molecule has 0 unspecified atom stereocenters. The number of sulfonamides is 1. The Bertz CT molecular complexity index is 1510. The molecule has 1 aliphatic heterocycles. The van der Waals surface area contributed by atoms with Gasteiger partial charge in [0, 0.05) is 36.6 Å². The molecule has 5 rings (SSSR count). The van der Waals surface area contributed by atoms with Crippen LogP contribution in [0.4, 0.5) is 16.0 Å². The molecule has 1 atom stereocenters. The first-order valence-corrected chi connectivity index (χ1v) is 14.1. The number of rotatable bonds is 8. The first-order chi connectivity index (χ1) is 18.8. The van der Waals surface area contributed by atoms with E-state index in [9.17, 15) is 12.8 Å². The molecule has 0 saturated carbocycles. The molecule has 1 aliphatic rings. The minimum absolute atomic E-state index is 0.127. The Morgan fingerprint density at radius 1 is 0.974 bits per heavy atom. The maximum atomic E-state index is 13.3. The third kappa shape index (κ3) is 6.08. The highest BCUT2D eigenvalue weighted by molar-refractivity contribution is 7.89. The third-order valence-corrected chi connectivity index (χ3v) is 8.96. The Kier molecular flexibility index (Phi) is 7.87. The molecule has 1 fully saturated rings. The molecule has 0 radical (unpaired) electrons. The van der Waals surface area contributed by atoms with Gasteiger partial charge in [-0.3, -0.25) is 0 Å². The molecular weight excluding hydrogens is 517 g/mol. The maximum Gasteiger partial charge on any atom is 0.243 e. The summed E-state index contributed by atoms with van der Waals surface area (Å²) in [6.45, 7) is 0.766. The van der Waals surface area contributed by atoms with Crippen LogP contribution in [0.5, 0.6) is 5.75 Å². The predicted octanol–water partition coefficient (Wildman–Crippen LogP) is 5.14. The normalized spacial score (nSPS) is 15.6. The molecule has 0 spiro atoms. The van der Waals surface area contributed by atoms with Crippen LogP contribution in [0.25, 0.3) is 11.3 Å². The van der Waals surface area contributed by atoms with Gasteiger partial charge in [0.15, 0.2) is 0 Å². The van der Waals surface area contributed by atoms with Gasteiger partial charge in [-0.2, -0.15) is 4.31 Å². The first-order valence-electron chi connectivity index (χ1n) is 12.7. The van der Waals surface area contributed by atoms with Crippen molar-refractivity contribution in [2.45, 2.75) is 23.8 Å². The lowest BCUT2D eigenvalue weighted by atomic mass is 9.86. The standard InChI is InChI=1S/C29H30FN5O3S/c1-38-25-10-4-20(5-11-25)27-14-17-32-29(34-27)33-24-8-12-26(13-9-24)39(36,37)35-18-15-22(16-19-35)28(31)21-2-6-23(30)7-3-21/h2-14,17,22,28H,15-16,18-19,31H2,1H3,(H,32,33,34)/t28-/m1/s1. The van der Waals surface area contributed by atoms with Gasteiger partial charge in [0.2, 0.25) is 16.0 Å². The lowest BCUT2D eigenvalue weighted by Crippen LogP contribution is -2.40. The molecule has 4 aromatic rings. The van der Waals surface area contributed by atoms with Gasteiger partial charge in [-0.25, -0.2) is 22.8 Å². The van der Waals surface area contributed by atoms with Crippen molar-refractivity contribution >= 4 is 21.7 Å². The van der Waals surface area contributed by atoms with Gasteiger partial charge in [0.05, 0.1) is 17.7 Å². The second-order valence-corrected chi connectivity index (χ2v) is 11.4. The Balaban J connectivity index is 1.21. The van der Waals surface area contributed by atoms with E-state index < -0.39 is 10.0 Å². The summed E-state index contributed by atoms with van der Waals surface area (Å²) in [6.07, 6.45) is 2.94. The van der Waals surface area contributed by atoms with Crippen LogP contribution < -0.4 is 15.8 Å². The van der Waals surface area contributed by atoms with E-state index in [4.69, 9.17) is 10.5 Å². The van der Waals surface area contributed by atoms with Gasteiger partial charge in [-0.15, -0.1) is 0 Å². The number of methoxy groups -OCH3 is 1. The van der Waals surface area contributed by atoms with Gasteiger partial charge >= 0.3 is 0 Å². The van der Waals surface area contributed by atoms with Crippen molar-refractivity contribution in [1.29, 1.82) is 0 Å². The molecule has 0 aliphatic carbocycles. The van der Waals surface area contributed by atoms with Crippen LogP contribution in [0, 0.1) is 11.7 Å². The van der Waals surface area contributed by atoms with Gasteiger partial charge in [0.25, 0.3) is 0 Å². The summed E-state index contributed by atoms with van der Waals surface area (Å²) < 4.78 is 46.5. The number of hydrogen-bond donors (Lipinski definition) is 2. The van der Waals surface area contributed by atoms with Crippen molar-refractivity contribution in [2.75, 3.05) is 25.5 Å². The molecular formula is C29H30FN5O3S. The molecule has 1 aromatic heterocycles. The van der Waals surface area contributed by atoms with Crippen LogP contribution in [-0.2, 0) is 10.0 Å². The molecule has 202 valence electrons. The van der Waals surface area contributed by atoms with Gasteiger partial charge in [0.1, 0.15) is 11.6 Å². The van der Waals surface area contributed by atoms with Crippen LogP contribution in [0.1, 0.15) is 24.4 Å². The van der Waals surface area contributed by atoms with Crippen LogP contribution in [0.2, 0.25) is 0 Å². The Labute approximate surface area is 227 Å². The summed E-state index contributed by atoms with van der Waals surface area (Å²) in [4.78, 5) is 9.08. The van der Waals surface area contributed by atoms with E-state index in [1.807, 2.05) is 30.3 Å². The predicted molar refractivity (Wildman–Crippen MR) is 149 cm³/mol. The number of piperidine rings is 1. The maximum absolute atomic E-state index is 13.3. The van der Waals surface area contributed by atoms with E-state index in [1.165, 1.54) is 16.4 Å². The Morgan fingerprint density at radius 2 is 1.64 bits per heavy atom. The van der Waals surface area contributed by atoms with Crippen LogP contribution in [0.3, 0.4) is 0 Å². The molecule has 3 N–H and O–H groups in total. The fourth-order valence-corrected chi connectivity index (χ4v) is 6.23. The van der Waals surface area contributed by atoms with Crippen LogP contribution in [-0.4, -0.2) is 42.9 Å². The second kappa shape index (κ2) is 11.5.